The highest BCUT2D eigenvalue weighted by molar-refractivity contribution is 7.52. The molecule has 2 rings (SSSR count). The van der Waals surface area contributed by atoms with Crippen LogP contribution in [0.4, 0.5) is 5.95 Å². The van der Waals surface area contributed by atoms with Crippen LogP contribution in [0.3, 0.4) is 0 Å². The van der Waals surface area contributed by atoms with Gasteiger partial charge >= 0.3 is 7.60 Å². The Hall–Kier alpha value is -1.98. The SMILES string of the molecule is COC(CC(O)On1cnc2c(=O)[nH]c(N)nc21)P(=O)(O)O. The van der Waals surface area contributed by atoms with E-state index in [4.69, 9.17) is 20.4 Å². The molecule has 0 radical (unpaired) electrons. The lowest BCUT2D eigenvalue weighted by Gasteiger charge is -2.20. The van der Waals surface area contributed by atoms with E-state index in [9.17, 15) is 14.5 Å². The van der Waals surface area contributed by atoms with E-state index in [0.717, 1.165) is 18.2 Å². The van der Waals surface area contributed by atoms with Crippen molar-refractivity contribution in [2.75, 3.05) is 12.8 Å². The maximum absolute atomic E-state index is 11.6. The second-order valence-electron chi connectivity index (χ2n) is 4.27. The quantitative estimate of drug-likeness (QED) is 0.291. The molecule has 22 heavy (non-hydrogen) atoms. The molecule has 0 aliphatic rings. The second kappa shape index (κ2) is 6.02. The Labute approximate surface area is 122 Å². The highest BCUT2D eigenvalue weighted by Gasteiger charge is 2.32. The fourth-order valence-corrected chi connectivity index (χ4v) is 2.43. The summed E-state index contributed by atoms with van der Waals surface area (Å²) in [4.78, 5) is 44.4. The third kappa shape index (κ3) is 3.43. The molecule has 0 aliphatic heterocycles. The van der Waals surface area contributed by atoms with Crippen molar-refractivity contribution < 1.29 is 29.0 Å². The maximum atomic E-state index is 11.6. The van der Waals surface area contributed by atoms with Gasteiger partial charge in [0.15, 0.2) is 11.4 Å². The maximum Gasteiger partial charge on any atom is 0.354 e. The highest BCUT2D eigenvalue weighted by Crippen LogP contribution is 2.43. The number of anilines is 1. The number of fused-ring (bicyclic) bond motifs is 1. The molecule has 0 aromatic carbocycles. The fourth-order valence-electron chi connectivity index (χ4n) is 1.70. The molecule has 0 saturated carbocycles. The van der Waals surface area contributed by atoms with Crippen molar-refractivity contribution in [2.45, 2.75) is 18.6 Å². The van der Waals surface area contributed by atoms with Gasteiger partial charge in [0, 0.05) is 7.11 Å². The van der Waals surface area contributed by atoms with Gasteiger partial charge in [0.05, 0.1) is 6.42 Å². The predicted molar refractivity (Wildman–Crippen MR) is 72.6 cm³/mol. The monoisotopic (exact) mass is 335 g/mol. The first-order chi connectivity index (χ1) is 10.2. The summed E-state index contributed by atoms with van der Waals surface area (Å²) in [5, 5.41) is 9.74. The van der Waals surface area contributed by atoms with E-state index in [0.29, 0.717) is 0 Å². The third-order valence-electron chi connectivity index (χ3n) is 2.68. The predicted octanol–water partition coefficient (Wildman–Crippen LogP) is -2.01. The Kier molecular flexibility index (Phi) is 4.49. The van der Waals surface area contributed by atoms with Crippen molar-refractivity contribution in [1.82, 2.24) is 19.7 Å². The van der Waals surface area contributed by atoms with E-state index in [2.05, 4.69) is 19.7 Å². The Bertz CT molecular complexity index is 767. The van der Waals surface area contributed by atoms with Crippen LogP contribution in [0.5, 0.6) is 0 Å². The zero-order chi connectivity index (χ0) is 16.5. The molecule has 13 heteroatoms. The smallest absolute Gasteiger partial charge is 0.354 e. The zero-order valence-corrected chi connectivity index (χ0v) is 12.2. The molecule has 2 heterocycles. The average Bonchev–Trinajstić information content (AvgIpc) is 2.78. The molecular weight excluding hydrogens is 321 g/mol. The van der Waals surface area contributed by atoms with Crippen LogP contribution in [0, 0.1) is 0 Å². The van der Waals surface area contributed by atoms with E-state index in [-0.39, 0.29) is 17.1 Å². The number of imidazole rings is 1. The van der Waals surface area contributed by atoms with Gasteiger partial charge < -0.3 is 30.2 Å². The average molecular weight is 335 g/mol. The minimum atomic E-state index is -4.56. The molecule has 6 N–H and O–H groups in total. The molecule has 0 fully saturated rings. The van der Waals surface area contributed by atoms with Gasteiger partial charge in [0.2, 0.25) is 17.9 Å². The number of aromatic amines is 1. The standard InChI is InChI=1S/C9H14N5O7P/c1-20-5(22(17,18)19)2-4(15)21-14-3-11-6-7(14)12-9(10)13-8(6)16/h3-5,15H,2H2,1H3,(H2,17,18,19)(H3,10,12,13,16). The number of aliphatic hydroxyl groups is 1. The van der Waals surface area contributed by atoms with Crippen molar-refractivity contribution >= 4 is 24.7 Å². The summed E-state index contributed by atoms with van der Waals surface area (Å²) in [5.74, 6) is -1.72. The van der Waals surface area contributed by atoms with E-state index >= 15 is 0 Å². The number of H-pyrrole nitrogens is 1. The molecule has 0 amide bonds. The van der Waals surface area contributed by atoms with Gasteiger partial charge in [-0.1, -0.05) is 0 Å². The molecule has 2 aromatic heterocycles. The number of nitrogens with one attached hydrogen (secondary N) is 1. The number of methoxy groups -OCH3 is 1. The first-order valence-electron chi connectivity index (χ1n) is 5.88. The van der Waals surface area contributed by atoms with Crippen LogP contribution >= 0.6 is 7.60 Å². The molecule has 0 bridgehead atoms. The van der Waals surface area contributed by atoms with Gasteiger partial charge in [-0.3, -0.25) is 14.3 Å². The number of aliphatic hydroxyl groups excluding tert-OH is 1. The van der Waals surface area contributed by atoms with Gasteiger partial charge in [-0.15, -0.1) is 4.73 Å². The van der Waals surface area contributed by atoms with Crippen molar-refractivity contribution in [3.05, 3.63) is 16.7 Å². The summed E-state index contributed by atoms with van der Waals surface area (Å²) in [7, 11) is -3.47. The van der Waals surface area contributed by atoms with Gasteiger partial charge in [-0.25, -0.2) is 4.98 Å². The minimum absolute atomic E-state index is 0.0505. The number of nitrogen functional groups attached to an aromatic ring is 1. The number of hydrogen-bond donors (Lipinski definition) is 5. The second-order valence-corrected chi connectivity index (χ2v) is 6.02. The van der Waals surface area contributed by atoms with Crippen molar-refractivity contribution in [3.8, 4) is 0 Å². The molecule has 0 saturated heterocycles. The van der Waals surface area contributed by atoms with Crippen molar-refractivity contribution in [3.63, 3.8) is 0 Å². The van der Waals surface area contributed by atoms with Crippen LogP contribution in [0.1, 0.15) is 6.42 Å². The summed E-state index contributed by atoms with van der Waals surface area (Å²) in [6, 6.07) is 0. The minimum Gasteiger partial charge on any atom is -0.379 e. The van der Waals surface area contributed by atoms with Crippen LogP contribution < -0.4 is 16.1 Å². The van der Waals surface area contributed by atoms with Crippen LogP contribution in [-0.2, 0) is 9.30 Å². The van der Waals surface area contributed by atoms with Crippen molar-refractivity contribution in [1.29, 1.82) is 0 Å². The van der Waals surface area contributed by atoms with Crippen LogP contribution in [0.25, 0.3) is 11.2 Å². The number of nitrogens with zero attached hydrogens (tertiary/aromatic N) is 3. The van der Waals surface area contributed by atoms with E-state index < -0.39 is 31.7 Å². The summed E-state index contributed by atoms with van der Waals surface area (Å²) >= 11 is 0. The lowest BCUT2D eigenvalue weighted by molar-refractivity contribution is -0.117. The first kappa shape index (κ1) is 16.4. The summed E-state index contributed by atoms with van der Waals surface area (Å²) in [6.07, 6.45) is -1.09. The van der Waals surface area contributed by atoms with E-state index in [1.54, 1.807) is 0 Å². The van der Waals surface area contributed by atoms with Gasteiger partial charge in [-0.2, -0.15) is 4.98 Å². The van der Waals surface area contributed by atoms with Crippen molar-refractivity contribution in [2.24, 2.45) is 0 Å². The van der Waals surface area contributed by atoms with Gasteiger partial charge in [-0.05, 0) is 0 Å². The first-order valence-corrected chi connectivity index (χ1v) is 7.56. The van der Waals surface area contributed by atoms with Crippen LogP contribution in [0.15, 0.2) is 11.1 Å². The summed E-state index contributed by atoms with van der Waals surface area (Å²) in [6.45, 7) is 0. The Morgan fingerprint density at radius 2 is 2.23 bits per heavy atom. The molecule has 122 valence electrons. The molecule has 12 nitrogen and oxygen atoms in total. The molecule has 2 aromatic rings. The van der Waals surface area contributed by atoms with E-state index in [1.165, 1.54) is 0 Å². The molecular formula is C9H14N5O7P. The Morgan fingerprint density at radius 3 is 2.82 bits per heavy atom. The normalized spacial score (nSPS) is 14.9. The topological polar surface area (TPSA) is 186 Å². The number of ether oxygens (including phenoxy) is 1. The zero-order valence-electron chi connectivity index (χ0n) is 11.3. The number of aromatic nitrogens is 4. The summed E-state index contributed by atoms with van der Waals surface area (Å²) in [5.41, 5.74) is 4.68. The largest absolute Gasteiger partial charge is 0.379 e. The molecule has 0 aliphatic carbocycles. The number of hydrogen-bond acceptors (Lipinski definition) is 8. The Morgan fingerprint density at radius 1 is 1.55 bits per heavy atom. The number of nitrogens with two attached hydrogens (primary N) is 1. The third-order valence-corrected chi connectivity index (χ3v) is 3.85. The lowest BCUT2D eigenvalue weighted by atomic mass is 10.4. The lowest BCUT2D eigenvalue weighted by Crippen LogP contribution is -2.30. The van der Waals surface area contributed by atoms with Gasteiger partial charge in [0.1, 0.15) is 6.33 Å². The summed E-state index contributed by atoms with van der Waals surface area (Å²) < 4.78 is 16.6. The van der Waals surface area contributed by atoms with E-state index in [1.807, 2.05) is 0 Å². The Balaban J connectivity index is 2.20. The molecule has 0 spiro atoms. The fraction of sp³-hybridized carbons (Fsp3) is 0.444. The molecule has 2 atom stereocenters. The number of rotatable bonds is 6. The van der Waals surface area contributed by atoms with Crippen LogP contribution in [0.2, 0.25) is 0 Å². The molecule has 2 unspecified atom stereocenters. The van der Waals surface area contributed by atoms with Gasteiger partial charge in [0.25, 0.3) is 5.56 Å². The van der Waals surface area contributed by atoms with Crippen LogP contribution in [-0.4, -0.2) is 53.8 Å². The highest BCUT2D eigenvalue weighted by atomic mass is 31.2.